The van der Waals surface area contributed by atoms with E-state index in [1.165, 1.54) is 0 Å². The van der Waals surface area contributed by atoms with Crippen LogP contribution in [-0.2, 0) is 16.1 Å². The van der Waals surface area contributed by atoms with Crippen LogP contribution in [0.4, 0.5) is 4.79 Å². The SMILES string of the molecule is CCC[C@H](C=O)NC(=O)OCc1ccccc1. The molecule has 0 heterocycles. The van der Waals surface area contributed by atoms with Gasteiger partial charge in [0.25, 0.3) is 0 Å². The Labute approximate surface area is 101 Å². The molecular weight excluding hydrogens is 218 g/mol. The molecule has 0 spiro atoms. The van der Waals surface area contributed by atoms with Crippen LogP contribution in [0.25, 0.3) is 0 Å². The summed E-state index contributed by atoms with van der Waals surface area (Å²) in [6.45, 7) is 2.16. The van der Waals surface area contributed by atoms with Gasteiger partial charge in [-0.1, -0.05) is 43.7 Å². The van der Waals surface area contributed by atoms with Crippen molar-refractivity contribution in [3.8, 4) is 0 Å². The van der Waals surface area contributed by atoms with Gasteiger partial charge in [-0.05, 0) is 12.0 Å². The Bertz CT molecular complexity index is 351. The Hall–Kier alpha value is -1.84. The average molecular weight is 235 g/mol. The number of carbonyl (C=O) groups is 2. The van der Waals surface area contributed by atoms with E-state index in [4.69, 9.17) is 4.74 Å². The first-order valence-electron chi connectivity index (χ1n) is 5.68. The summed E-state index contributed by atoms with van der Waals surface area (Å²) in [6, 6.07) is 8.94. The van der Waals surface area contributed by atoms with Crippen LogP contribution in [0.5, 0.6) is 0 Å². The maximum absolute atomic E-state index is 11.4. The number of nitrogens with one attached hydrogen (secondary N) is 1. The lowest BCUT2D eigenvalue weighted by molar-refractivity contribution is -0.109. The number of carbonyl (C=O) groups excluding carboxylic acids is 2. The molecule has 0 aromatic heterocycles. The minimum Gasteiger partial charge on any atom is -0.445 e. The fourth-order valence-electron chi connectivity index (χ4n) is 1.40. The topological polar surface area (TPSA) is 55.4 Å². The molecule has 1 rings (SSSR count). The van der Waals surface area contributed by atoms with Crippen molar-refractivity contribution in [3.05, 3.63) is 35.9 Å². The fourth-order valence-corrected chi connectivity index (χ4v) is 1.40. The van der Waals surface area contributed by atoms with Crippen molar-refractivity contribution < 1.29 is 14.3 Å². The fraction of sp³-hybridized carbons (Fsp3) is 0.385. The van der Waals surface area contributed by atoms with E-state index < -0.39 is 12.1 Å². The number of alkyl carbamates (subject to hydrolysis) is 1. The molecule has 0 radical (unpaired) electrons. The van der Waals surface area contributed by atoms with Crippen LogP contribution in [0.2, 0.25) is 0 Å². The third kappa shape index (κ3) is 5.15. The molecule has 0 saturated heterocycles. The number of ether oxygens (including phenoxy) is 1. The molecule has 1 amide bonds. The van der Waals surface area contributed by atoms with Gasteiger partial charge in [-0.2, -0.15) is 0 Å². The molecule has 0 aliphatic carbocycles. The molecule has 0 bridgehead atoms. The second kappa shape index (κ2) is 7.44. The van der Waals surface area contributed by atoms with Crippen molar-refractivity contribution in [1.29, 1.82) is 0 Å². The molecule has 0 fully saturated rings. The molecule has 92 valence electrons. The number of rotatable bonds is 6. The summed E-state index contributed by atoms with van der Waals surface area (Å²) in [6.07, 6.45) is 1.64. The number of benzene rings is 1. The van der Waals surface area contributed by atoms with Crippen molar-refractivity contribution in [2.24, 2.45) is 0 Å². The molecule has 1 aromatic carbocycles. The van der Waals surface area contributed by atoms with Crippen LogP contribution in [-0.4, -0.2) is 18.4 Å². The maximum Gasteiger partial charge on any atom is 0.408 e. The minimum atomic E-state index is -0.556. The van der Waals surface area contributed by atoms with Crippen LogP contribution in [0.15, 0.2) is 30.3 Å². The van der Waals surface area contributed by atoms with Crippen LogP contribution in [0.1, 0.15) is 25.3 Å². The normalized spacial score (nSPS) is 11.6. The summed E-state index contributed by atoms with van der Waals surface area (Å²) >= 11 is 0. The summed E-state index contributed by atoms with van der Waals surface area (Å²) < 4.78 is 5.00. The van der Waals surface area contributed by atoms with Gasteiger partial charge in [0.15, 0.2) is 0 Å². The Morgan fingerprint density at radius 1 is 1.41 bits per heavy atom. The van der Waals surface area contributed by atoms with Crippen LogP contribution < -0.4 is 5.32 Å². The molecule has 4 heteroatoms. The third-order valence-electron chi connectivity index (χ3n) is 2.28. The first-order valence-corrected chi connectivity index (χ1v) is 5.68. The molecule has 17 heavy (non-hydrogen) atoms. The summed E-state index contributed by atoms with van der Waals surface area (Å²) in [4.78, 5) is 22.0. The van der Waals surface area contributed by atoms with Gasteiger partial charge in [-0.3, -0.25) is 0 Å². The predicted molar refractivity (Wildman–Crippen MR) is 64.5 cm³/mol. The van der Waals surface area contributed by atoms with Crippen molar-refractivity contribution in [2.45, 2.75) is 32.4 Å². The number of aldehydes is 1. The molecule has 1 atom stereocenters. The summed E-state index contributed by atoms with van der Waals surface area (Å²) in [5.41, 5.74) is 0.917. The Balaban J connectivity index is 2.32. The minimum absolute atomic E-state index is 0.213. The van der Waals surface area contributed by atoms with E-state index in [1.54, 1.807) is 0 Å². The number of amides is 1. The van der Waals surface area contributed by atoms with Crippen molar-refractivity contribution in [2.75, 3.05) is 0 Å². The van der Waals surface area contributed by atoms with Gasteiger partial charge in [0.05, 0.1) is 6.04 Å². The molecule has 0 aliphatic heterocycles. The first kappa shape index (κ1) is 13.2. The van der Waals surface area contributed by atoms with E-state index in [0.717, 1.165) is 18.3 Å². The van der Waals surface area contributed by atoms with Gasteiger partial charge in [-0.25, -0.2) is 4.79 Å². The smallest absolute Gasteiger partial charge is 0.408 e. The molecule has 1 N–H and O–H groups in total. The van der Waals surface area contributed by atoms with Gasteiger partial charge in [-0.15, -0.1) is 0 Å². The standard InChI is InChI=1S/C13H17NO3/c1-2-6-12(9-15)14-13(16)17-10-11-7-4-3-5-8-11/h3-5,7-9,12H,2,6,10H2,1H3,(H,14,16)/t12-/m1/s1. The molecule has 0 aliphatic rings. The van der Waals surface area contributed by atoms with Gasteiger partial charge >= 0.3 is 6.09 Å². The van der Waals surface area contributed by atoms with Gasteiger partial charge in [0.1, 0.15) is 12.9 Å². The Kier molecular flexibility index (Phi) is 5.79. The van der Waals surface area contributed by atoms with E-state index in [1.807, 2.05) is 37.3 Å². The van der Waals surface area contributed by atoms with E-state index in [2.05, 4.69) is 5.32 Å². The van der Waals surface area contributed by atoms with Crippen molar-refractivity contribution in [1.82, 2.24) is 5.32 Å². The Morgan fingerprint density at radius 3 is 2.71 bits per heavy atom. The number of hydrogen-bond acceptors (Lipinski definition) is 3. The zero-order valence-electron chi connectivity index (χ0n) is 9.89. The lowest BCUT2D eigenvalue weighted by Crippen LogP contribution is -2.36. The highest BCUT2D eigenvalue weighted by Gasteiger charge is 2.10. The zero-order valence-corrected chi connectivity index (χ0v) is 9.89. The maximum atomic E-state index is 11.4. The van der Waals surface area contributed by atoms with Crippen molar-refractivity contribution in [3.63, 3.8) is 0 Å². The van der Waals surface area contributed by atoms with Crippen LogP contribution in [0.3, 0.4) is 0 Å². The molecule has 4 nitrogen and oxygen atoms in total. The monoisotopic (exact) mass is 235 g/mol. The summed E-state index contributed by atoms with van der Waals surface area (Å²) in [5.74, 6) is 0. The van der Waals surface area contributed by atoms with E-state index in [9.17, 15) is 9.59 Å². The van der Waals surface area contributed by atoms with E-state index in [-0.39, 0.29) is 6.61 Å². The third-order valence-corrected chi connectivity index (χ3v) is 2.28. The van der Waals surface area contributed by atoms with Gasteiger partial charge in [0.2, 0.25) is 0 Å². The van der Waals surface area contributed by atoms with Crippen LogP contribution in [0, 0.1) is 0 Å². The lowest BCUT2D eigenvalue weighted by atomic mass is 10.2. The molecule has 0 saturated carbocycles. The highest BCUT2D eigenvalue weighted by molar-refractivity contribution is 5.73. The second-order valence-corrected chi connectivity index (χ2v) is 3.74. The highest BCUT2D eigenvalue weighted by atomic mass is 16.5. The number of hydrogen-bond donors (Lipinski definition) is 1. The van der Waals surface area contributed by atoms with E-state index >= 15 is 0 Å². The lowest BCUT2D eigenvalue weighted by Gasteiger charge is -2.11. The van der Waals surface area contributed by atoms with Gasteiger partial charge in [0, 0.05) is 0 Å². The quantitative estimate of drug-likeness (QED) is 0.769. The van der Waals surface area contributed by atoms with Gasteiger partial charge < -0.3 is 14.8 Å². The Morgan fingerprint density at radius 2 is 2.12 bits per heavy atom. The largest absolute Gasteiger partial charge is 0.445 e. The summed E-state index contributed by atoms with van der Waals surface area (Å²) in [5, 5.41) is 2.51. The summed E-state index contributed by atoms with van der Waals surface area (Å²) in [7, 11) is 0. The zero-order chi connectivity index (χ0) is 12.5. The predicted octanol–water partition coefficient (Wildman–Crippen LogP) is 2.28. The highest BCUT2D eigenvalue weighted by Crippen LogP contribution is 2.01. The molecule has 1 aromatic rings. The average Bonchev–Trinajstić information content (AvgIpc) is 2.37. The van der Waals surface area contributed by atoms with Crippen molar-refractivity contribution >= 4 is 12.4 Å². The molecule has 0 unspecified atom stereocenters. The first-order chi connectivity index (χ1) is 8.26. The van der Waals surface area contributed by atoms with E-state index in [0.29, 0.717) is 6.42 Å². The van der Waals surface area contributed by atoms with Crippen LogP contribution >= 0.6 is 0 Å². The molecular formula is C13H17NO3. The second-order valence-electron chi connectivity index (χ2n) is 3.74.